The Morgan fingerprint density at radius 3 is 1.18 bits per heavy atom. The summed E-state index contributed by atoms with van der Waals surface area (Å²) in [7, 11) is -4.59. The number of esters is 2. The number of ether oxygens (including phenoxy) is 2. The van der Waals surface area contributed by atoms with Gasteiger partial charge in [0, 0.05) is 12.8 Å². The molecule has 3 N–H and O–H groups in total. The van der Waals surface area contributed by atoms with Crippen molar-refractivity contribution in [3.8, 4) is 0 Å². The van der Waals surface area contributed by atoms with E-state index in [1.54, 1.807) is 6.92 Å². The summed E-state index contributed by atoms with van der Waals surface area (Å²) >= 11 is 0. The minimum absolute atomic E-state index is 0.0763. The third kappa shape index (κ3) is 28.4. The summed E-state index contributed by atoms with van der Waals surface area (Å²) in [6, 6.07) is 0. The van der Waals surface area contributed by atoms with Gasteiger partial charge in [-0.2, -0.15) is 0 Å². The van der Waals surface area contributed by atoms with E-state index in [1.807, 2.05) is 0 Å². The maximum atomic E-state index is 12.1. The van der Waals surface area contributed by atoms with Gasteiger partial charge in [0.15, 0.2) is 0 Å². The number of phosphoric acid groups is 1. The van der Waals surface area contributed by atoms with Crippen molar-refractivity contribution in [2.45, 2.75) is 174 Å². The fraction of sp³-hybridized carbons (Fsp3) is 0.939. The van der Waals surface area contributed by atoms with Crippen molar-refractivity contribution in [3.63, 3.8) is 0 Å². The Bertz CT molecular complexity index is 721. The molecule has 0 saturated heterocycles. The van der Waals surface area contributed by atoms with E-state index in [4.69, 9.17) is 18.5 Å². The van der Waals surface area contributed by atoms with Crippen LogP contribution in [0.5, 0.6) is 0 Å². The molecule has 0 bridgehead atoms. The lowest BCUT2D eigenvalue weighted by Crippen LogP contribution is -2.28. The van der Waals surface area contributed by atoms with Crippen LogP contribution < -0.4 is 0 Å². The second-order valence-corrected chi connectivity index (χ2v) is 13.3. The molecule has 10 nitrogen and oxygen atoms in total. The maximum absolute atomic E-state index is 12.1. The molecule has 0 aromatic rings. The second-order valence-electron chi connectivity index (χ2n) is 11.8. The third-order valence-electron chi connectivity index (χ3n) is 7.62. The number of hydrogen-bond acceptors (Lipinski definition) is 9. The molecule has 0 aliphatic carbocycles. The lowest BCUT2D eigenvalue weighted by molar-refractivity contribution is -0.153. The molecule has 11 heteroatoms. The number of hydrogen-bond donors (Lipinski definition) is 3. The molecule has 0 spiro atoms. The van der Waals surface area contributed by atoms with Gasteiger partial charge in [-0.1, -0.05) is 142 Å². The Labute approximate surface area is 267 Å². The molecule has 0 aromatic heterocycles. The molecule has 0 amide bonds. The van der Waals surface area contributed by atoms with E-state index in [0.29, 0.717) is 6.42 Å². The summed E-state index contributed by atoms with van der Waals surface area (Å²) in [4.78, 5) is 33.2. The Morgan fingerprint density at radius 2 is 0.864 bits per heavy atom. The van der Waals surface area contributed by atoms with Gasteiger partial charge in [0.2, 0.25) is 0 Å². The Morgan fingerprint density at radius 1 is 0.545 bits per heavy atom. The van der Waals surface area contributed by atoms with Gasteiger partial charge < -0.3 is 24.6 Å². The Kier molecular flexibility index (Phi) is 29.9. The number of unbranched alkanes of at least 4 members (excludes halogenated alkanes) is 20. The lowest BCUT2D eigenvalue weighted by Gasteiger charge is -2.20. The number of carbonyl (C=O) groups is 2. The summed E-state index contributed by atoms with van der Waals surface area (Å²) in [6.07, 6.45) is 25.1. The molecule has 44 heavy (non-hydrogen) atoms. The predicted molar refractivity (Wildman–Crippen MR) is 173 cm³/mol. The van der Waals surface area contributed by atoms with Crippen LogP contribution in [0, 0.1) is 0 Å². The van der Waals surface area contributed by atoms with Crippen LogP contribution in [0.25, 0.3) is 0 Å². The van der Waals surface area contributed by atoms with Gasteiger partial charge in [0.05, 0.1) is 26.4 Å². The van der Waals surface area contributed by atoms with Gasteiger partial charge in [-0.3, -0.25) is 18.6 Å². The first-order chi connectivity index (χ1) is 21.3. The average molecular weight is 653 g/mol. The maximum Gasteiger partial charge on any atom is 0.472 e. The van der Waals surface area contributed by atoms with Gasteiger partial charge in [-0.25, -0.2) is 4.57 Å². The monoisotopic (exact) mass is 652 g/mol. The van der Waals surface area contributed by atoms with Crippen molar-refractivity contribution in [1.82, 2.24) is 0 Å². The quantitative estimate of drug-likeness (QED) is 0.0362. The van der Waals surface area contributed by atoms with Gasteiger partial charge in [-0.15, -0.1) is 0 Å². The fourth-order valence-corrected chi connectivity index (χ4v) is 5.64. The molecule has 3 atom stereocenters. The van der Waals surface area contributed by atoms with Crippen molar-refractivity contribution >= 4 is 19.8 Å². The van der Waals surface area contributed by atoms with Gasteiger partial charge in [0.1, 0.15) is 12.2 Å². The summed E-state index contributed by atoms with van der Waals surface area (Å²) < 4.78 is 31.6. The number of phosphoric ester groups is 1. The van der Waals surface area contributed by atoms with Crippen LogP contribution in [0.2, 0.25) is 0 Å². The van der Waals surface area contributed by atoms with Crippen LogP contribution in [-0.2, 0) is 32.7 Å². The highest BCUT2D eigenvalue weighted by Crippen LogP contribution is 2.43. The van der Waals surface area contributed by atoms with E-state index in [1.165, 1.54) is 109 Å². The van der Waals surface area contributed by atoms with Crippen LogP contribution in [0.1, 0.15) is 162 Å². The minimum atomic E-state index is -4.59. The van der Waals surface area contributed by atoms with Crippen molar-refractivity contribution in [3.05, 3.63) is 0 Å². The smallest absolute Gasteiger partial charge is 0.457 e. The Balaban J connectivity index is 3.66. The molecule has 0 aromatic carbocycles. The van der Waals surface area contributed by atoms with E-state index >= 15 is 0 Å². The normalized spacial score (nSPS) is 14.2. The van der Waals surface area contributed by atoms with Gasteiger partial charge >= 0.3 is 19.8 Å². The molecule has 0 aliphatic heterocycles. The Hall–Kier alpha value is -1.03. The van der Waals surface area contributed by atoms with Crippen molar-refractivity contribution in [1.29, 1.82) is 0 Å². The molecule has 0 rings (SSSR count). The van der Waals surface area contributed by atoms with E-state index in [0.717, 1.165) is 19.3 Å². The molecule has 0 heterocycles. The van der Waals surface area contributed by atoms with E-state index in [2.05, 4.69) is 6.92 Å². The zero-order valence-electron chi connectivity index (χ0n) is 27.9. The van der Waals surface area contributed by atoms with E-state index < -0.39 is 58.4 Å². The molecule has 0 aliphatic rings. The number of aliphatic hydroxyl groups is 2. The molecule has 0 fully saturated rings. The van der Waals surface area contributed by atoms with Crippen molar-refractivity contribution in [2.24, 2.45) is 0 Å². The van der Waals surface area contributed by atoms with Crippen LogP contribution in [0.15, 0.2) is 0 Å². The zero-order valence-corrected chi connectivity index (χ0v) is 28.8. The largest absolute Gasteiger partial charge is 0.472 e. The van der Waals surface area contributed by atoms with Crippen molar-refractivity contribution in [2.75, 3.05) is 26.4 Å². The van der Waals surface area contributed by atoms with Crippen LogP contribution in [0.3, 0.4) is 0 Å². The first-order valence-electron chi connectivity index (χ1n) is 17.5. The molecule has 0 radical (unpaired) electrons. The summed E-state index contributed by atoms with van der Waals surface area (Å²) in [6.45, 7) is 1.55. The van der Waals surface area contributed by atoms with E-state index in [9.17, 15) is 29.3 Å². The number of aliphatic hydroxyl groups excluding tert-OH is 2. The lowest BCUT2D eigenvalue weighted by atomic mass is 10.0. The van der Waals surface area contributed by atoms with Crippen LogP contribution in [0.4, 0.5) is 0 Å². The standard InChI is InChI=1S/C33H65O10P/c1-3-5-6-7-8-9-10-11-12-13-14-15-16-17-18-19-20-21-22-23-24-25-33(37)43-31(27-35)29-41-44(38,39)40-28-30(26-34)42-32(36)4-2/h30-31,34-35H,3-29H2,1-2H3,(H,38,39). The first kappa shape index (κ1) is 43.0. The molecule has 262 valence electrons. The molecular formula is C33H65O10P. The summed E-state index contributed by atoms with van der Waals surface area (Å²) in [5, 5.41) is 18.6. The van der Waals surface area contributed by atoms with Gasteiger partial charge in [-0.05, 0) is 6.42 Å². The van der Waals surface area contributed by atoms with Crippen molar-refractivity contribution < 1.29 is 47.8 Å². The number of carbonyl (C=O) groups excluding carboxylic acids is 2. The fourth-order valence-electron chi connectivity index (χ4n) is 4.86. The SMILES string of the molecule is CCCCCCCCCCCCCCCCCCCCCCCC(=O)OC(CO)COP(=O)(O)OCC(CO)OC(=O)CC. The minimum Gasteiger partial charge on any atom is -0.457 e. The predicted octanol–water partition coefficient (Wildman–Crippen LogP) is 7.94. The summed E-state index contributed by atoms with van der Waals surface area (Å²) in [5.41, 5.74) is 0. The second kappa shape index (κ2) is 30.6. The summed E-state index contributed by atoms with van der Waals surface area (Å²) in [5.74, 6) is -1.10. The number of rotatable bonds is 33. The molecular weight excluding hydrogens is 587 g/mol. The van der Waals surface area contributed by atoms with Crippen LogP contribution in [-0.4, -0.2) is 65.7 Å². The molecule has 0 saturated carbocycles. The highest BCUT2D eigenvalue weighted by molar-refractivity contribution is 7.47. The highest BCUT2D eigenvalue weighted by Gasteiger charge is 2.27. The topological polar surface area (TPSA) is 149 Å². The van der Waals surface area contributed by atoms with Crippen LogP contribution >= 0.6 is 7.82 Å². The van der Waals surface area contributed by atoms with Gasteiger partial charge in [0.25, 0.3) is 0 Å². The third-order valence-corrected chi connectivity index (χ3v) is 8.57. The first-order valence-corrected chi connectivity index (χ1v) is 19.0. The van der Waals surface area contributed by atoms with E-state index in [-0.39, 0.29) is 12.8 Å². The zero-order chi connectivity index (χ0) is 32.7. The highest BCUT2D eigenvalue weighted by atomic mass is 31.2. The average Bonchev–Trinajstić information content (AvgIpc) is 3.01. The molecule has 3 unspecified atom stereocenters.